The molecule has 0 amide bonds. The van der Waals surface area contributed by atoms with Crippen molar-refractivity contribution in [2.75, 3.05) is 5.75 Å². The molecule has 0 aromatic heterocycles. The van der Waals surface area contributed by atoms with Gasteiger partial charge >= 0.3 is 0 Å². The summed E-state index contributed by atoms with van der Waals surface area (Å²) in [5.74, 6) is 1.81. The van der Waals surface area contributed by atoms with Crippen LogP contribution >= 0.6 is 11.8 Å². The molecule has 92 valence electrons. The molecule has 2 nitrogen and oxygen atoms in total. The predicted molar refractivity (Wildman–Crippen MR) is 69.7 cm³/mol. The fraction of sp³-hybridized carbons (Fsp3) is 0.923. The lowest BCUT2D eigenvalue weighted by molar-refractivity contribution is -0.121. The summed E-state index contributed by atoms with van der Waals surface area (Å²) in [6.45, 7) is 0. The second kappa shape index (κ2) is 6.06. The van der Waals surface area contributed by atoms with Crippen molar-refractivity contribution < 1.29 is 4.79 Å². The highest BCUT2D eigenvalue weighted by Gasteiger charge is 2.24. The average Bonchev–Trinajstić information content (AvgIpc) is 2.72. The minimum Gasteiger partial charge on any atom is -0.321 e. The van der Waals surface area contributed by atoms with Crippen molar-refractivity contribution >= 4 is 17.5 Å². The van der Waals surface area contributed by atoms with Gasteiger partial charge in [0.25, 0.3) is 0 Å². The van der Waals surface area contributed by atoms with Crippen LogP contribution < -0.4 is 5.73 Å². The Labute approximate surface area is 103 Å². The molecule has 0 aromatic rings. The Hall–Kier alpha value is -0.0200. The van der Waals surface area contributed by atoms with Crippen molar-refractivity contribution in [3.63, 3.8) is 0 Å². The van der Waals surface area contributed by atoms with Crippen LogP contribution in [0.3, 0.4) is 0 Å². The molecule has 0 heterocycles. The fourth-order valence-corrected chi connectivity index (χ4v) is 3.85. The molecule has 16 heavy (non-hydrogen) atoms. The lowest BCUT2D eigenvalue weighted by atomic mass is 9.81. The molecule has 0 aliphatic heterocycles. The monoisotopic (exact) mass is 241 g/mol. The van der Waals surface area contributed by atoms with E-state index >= 15 is 0 Å². The quantitative estimate of drug-likeness (QED) is 0.777. The van der Waals surface area contributed by atoms with Crippen molar-refractivity contribution in [3.05, 3.63) is 0 Å². The smallest absolute Gasteiger partial charge is 0.150 e. The van der Waals surface area contributed by atoms with Crippen molar-refractivity contribution in [1.29, 1.82) is 0 Å². The second-order valence-corrected chi connectivity index (χ2v) is 6.65. The standard InChI is InChI=1S/C13H23NOS/c14-12(9-16-11-6-1-2-7-11)13(15)8-10-4-3-5-10/h10-12H,1-9,14H2. The number of hydrogen-bond donors (Lipinski definition) is 1. The maximum Gasteiger partial charge on any atom is 0.150 e. The minimum atomic E-state index is -0.203. The SMILES string of the molecule is NC(CSC1CCCC1)C(=O)CC1CCC1. The van der Waals surface area contributed by atoms with E-state index in [1.54, 1.807) is 0 Å². The Morgan fingerprint density at radius 1 is 1.19 bits per heavy atom. The minimum absolute atomic E-state index is 0.203. The molecule has 2 aliphatic carbocycles. The van der Waals surface area contributed by atoms with E-state index in [9.17, 15) is 4.79 Å². The Balaban J connectivity index is 1.61. The molecule has 0 bridgehead atoms. The summed E-state index contributed by atoms with van der Waals surface area (Å²) in [7, 11) is 0. The summed E-state index contributed by atoms with van der Waals surface area (Å²) < 4.78 is 0. The van der Waals surface area contributed by atoms with Gasteiger partial charge in [0.1, 0.15) is 0 Å². The zero-order chi connectivity index (χ0) is 11.4. The van der Waals surface area contributed by atoms with Gasteiger partial charge in [-0.25, -0.2) is 0 Å². The first-order valence-corrected chi connectivity index (χ1v) is 7.70. The first-order valence-electron chi connectivity index (χ1n) is 6.65. The van der Waals surface area contributed by atoms with E-state index in [2.05, 4.69) is 0 Å². The number of carbonyl (C=O) groups excluding carboxylic acids is 1. The first-order chi connectivity index (χ1) is 7.75. The fourth-order valence-electron chi connectivity index (χ4n) is 2.52. The molecule has 1 atom stereocenters. The van der Waals surface area contributed by atoms with E-state index in [1.165, 1.54) is 44.9 Å². The van der Waals surface area contributed by atoms with Crippen molar-refractivity contribution in [2.45, 2.75) is 62.7 Å². The van der Waals surface area contributed by atoms with Gasteiger partial charge in [0.2, 0.25) is 0 Å². The Morgan fingerprint density at radius 3 is 2.44 bits per heavy atom. The van der Waals surface area contributed by atoms with E-state index in [0.717, 1.165) is 17.4 Å². The van der Waals surface area contributed by atoms with Gasteiger partial charge in [0.15, 0.2) is 5.78 Å². The Bertz CT molecular complexity index is 234. The van der Waals surface area contributed by atoms with Crippen molar-refractivity contribution in [3.8, 4) is 0 Å². The number of Topliss-reactive ketones (excluding diaryl/α,β-unsaturated/α-hetero) is 1. The van der Waals surface area contributed by atoms with Crippen LogP contribution in [0, 0.1) is 5.92 Å². The zero-order valence-electron chi connectivity index (χ0n) is 9.99. The number of ketones is 1. The third-order valence-corrected chi connectivity index (χ3v) is 5.44. The van der Waals surface area contributed by atoms with E-state index in [1.807, 2.05) is 11.8 Å². The van der Waals surface area contributed by atoms with Crippen LogP contribution in [0.2, 0.25) is 0 Å². The van der Waals surface area contributed by atoms with Crippen LogP contribution in [0.1, 0.15) is 51.4 Å². The van der Waals surface area contributed by atoms with Gasteiger partial charge in [0, 0.05) is 17.4 Å². The summed E-state index contributed by atoms with van der Waals surface area (Å²) in [5, 5.41) is 0.780. The summed E-state index contributed by atoms with van der Waals surface area (Å²) in [6, 6.07) is -0.203. The highest BCUT2D eigenvalue weighted by atomic mass is 32.2. The van der Waals surface area contributed by atoms with Crippen LogP contribution in [0.4, 0.5) is 0 Å². The van der Waals surface area contributed by atoms with Gasteiger partial charge in [-0.15, -0.1) is 0 Å². The van der Waals surface area contributed by atoms with E-state index in [0.29, 0.717) is 11.7 Å². The third-order valence-electron chi connectivity index (χ3n) is 3.94. The van der Waals surface area contributed by atoms with Crippen LogP contribution in [-0.4, -0.2) is 22.8 Å². The molecule has 0 spiro atoms. The van der Waals surface area contributed by atoms with E-state index in [4.69, 9.17) is 5.73 Å². The topological polar surface area (TPSA) is 43.1 Å². The van der Waals surface area contributed by atoms with Crippen LogP contribution in [0.25, 0.3) is 0 Å². The molecule has 1 unspecified atom stereocenters. The number of carbonyl (C=O) groups is 1. The summed E-state index contributed by atoms with van der Waals surface area (Å²) in [4.78, 5) is 11.8. The molecule has 2 N–H and O–H groups in total. The molecule has 3 heteroatoms. The number of hydrogen-bond acceptors (Lipinski definition) is 3. The van der Waals surface area contributed by atoms with Crippen LogP contribution in [0.15, 0.2) is 0 Å². The molecule has 2 fully saturated rings. The normalized spacial score (nSPS) is 24.3. The molecule has 0 saturated heterocycles. The maximum absolute atomic E-state index is 11.8. The van der Waals surface area contributed by atoms with Gasteiger partial charge in [-0.05, 0) is 18.8 Å². The maximum atomic E-state index is 11.8. The Kier molecular flexibility index (Phi) is 4.71. The van der Waals surface area contributed by atoms with Gasteiger partial charge in [-0.1, -0.05) is 32.1 Å². The van der Waals surface area contributed by atoms with E-state index in [-0.39, 0.29) is 6.04 Å². The molecular weight excluding hydrogens is 218 g/mol. The summed E-state index contributed by atoms with van der Waals surface area (Å²) in [5.41, 5.74) is 5.95. The molecular formula is C13H23NOS. The van der Waals surface area contributed by atoms with Gasteiger partial charge in [-0.3, -0.25) is 4.79 Å². The van der Waals surface area contributed by atoms with Crippen LogP contribution in [-0.2, 0) is 4.79 Å². The third kappa shape index (κ3) is 3.49. The van der Waals surface area contributed by atoms with Crippen molar-refractivity contribution in [2.24, 2.45) is 11.7 Å². The summed E-state index contributed by atoms with van der Waals surface area (Å²) in [6.07, 6.45) is 9.92. The second-order valence-electron chi connectivity index (χ2n) is 5.31. The first kappa shape index (κ1) is 12.4. The zero-order valence-corrected chi connectivity index (χ0v) is 10.8. The highest BCUT2D eigenvalue weighted by molar-refractivity contribution is 8.00. The van der Waals surface area contributed by atoms with E-state index < -0.39 is 0 Å². The largest absolute Gasteiger partial charge is 0.321 e. The molecule has 2 rings (SSSR count). The van der Waals surface area contributed by atoms with Crippen molar-refractivity contribution in [1.82, 2.24) is 0 Å². The molecule has 0 radical (unpaired) electrons. The van der Waals surface area contributed by atoms with Gasteiger partial charge in [0.05, 0.1) is 6.04 Å². The molecule has 2 aliphatic rings. The highest BCUT2D eigenvalue weighted by Crippen LogP contribution is 2.31. The number of nitrogens with two attached hydrogens (primary N) is 1. The summed E-state index contributed by atoms with van der Waals surface area (Å²) >= 11 is 1.93. The average molecular weight is 241 g/mol. The van der Waals surface area contributed by atoms with Crippen LogP contribution in [0.5, 0.6) is 0 Å². The predicted octanol–water partition coefficient (Wildman–Crippen LogP) is 2.75. The number of rotatable bonds is 6. The molecule has 2 saturated carbocycles. The molecule has 0 aromatic carbocycles. The lowest BCUT2D eigenvalue weighted by Crippen LogP contribution is -2.35. The lowest BCUT2D eigenvalue weighted by Gasteiger charge is -2.25. The Morgan fingerprint density at radius 2 is 1.88 bits per heavy atom. The van der Waals surface area contributed by atoms with Gasteiger partial charge < -0.3 is 5.73 Å². The number of thioether (sulfide) groups is 1. The van der Waals surface area contributed by atoms with Gasteiger partial charge in [-0.2, -0.15) is 11.8 Å².